The van der Waals surface area contributed by atoms with E-state index in [4.69, 9.17) is 4.74 Å². The second-order valence-corrected chi connectivity index (χ2v) is 10.8. The number of hydrogen-bond acceptors (Lipinski definition) is 8. The third-order valence-electron chi connectivity index (χ3n) is 7.09. The number of benzene rings is 2. The highest BCUT2D eigenvalue weighted by molar-refractivity contribution is 6.00. The molecule has 0 saturated carbocycles. The van der Waals surface area contributed by atoms with Crippen LogP contribution in [0.5, 0.6) is 5.75 Å². The molecule has 2 bridgehead atoms. The van der Waals surface area contributed by atoms with E-state index in [0.29, 0.717) is 42.9 Å². The van der Waals surface area contributed by atoms with Crippen LogP contribution in [0.1, 0.15) is 46.7 Å². The molecule has 0 fully saturated rings. The van der Waals surface area contributed by atoms with Gasteiger partial charge in [-0.2, -0.15) is 5.10 Å². The fraction of sp³-hybridized carbons (Fsp3) is 0.367. The fourth-order valence-electron chi connectivity index (χ4n) is 4.91. The summed E-state index contributed by atoms with van der Waals surface area (Å²) in [5.41, 5.74) is 1.63. The van der Waals surface area contributed by atoms with Crippen LogP contribution < -0.4 is 15.4 Å². The van der Waals surface area contributed by atoms with Crippen molar-refractivity contribution in [3.05, 3.63) is 84.0 Å². The summed E-state index contributed by atoms with van der Waals surface area (Å²) in [5, 5.41) is 18.2. The van der Waals surface area contributed by atoms with Crippen molar-refractivity contribution in [3.8, 4) is 11.4 Å². The van der Waals surface area contributed by atoms with Gasteiger partial charge in [0.15, 0.2) is 0 Å². The molecule has 2 N–H and O–H groups in total. The summed E-state index contributed by atoms with van der Waals surface area (Å²) in [6.07, 6.45) is 5.44. The molecule has 2 aromatic heterocycles. The summed E-state index contributed by atoms with van der Waals surface area (Å²) in [7, 11) is 0. The zero-order valence-corrected chi connectivity index (χ0v) is 24.5. The zero-order chi connectivity index (χ0) is 31.1. The van der Waals surface area contributed by atoms with Crippen LogP contribution in [0.25, 0.3) is 5.69 Å². The highest BCUT2D eigenvalue weighted by Crippen LogP contribution is 2.21. The Bertz CT molecular complexity index is 1610. The van der Waals surface area contributed by atoms with Crippen LogP contribution in [-0.2, 0) is 17.8 Å². The molecule has 5 rings (SSSR count). The second-order valence-electron chi connectivity index (χ2n) is 10.8. The number of para-hydroxylation sites is 1. The Balaban J connectivity index is 1.41. The van der Waals surface area contributed by atoms with E-state index in [0.717, 1.165) is 6.07 Å². The van der Waals surface area contributed by atoms with E-state index in [2.05, 4.69) is 31.0 Å². The minimum Gasteiger partial charge on any atom is -0.491 e. The van der Waals surface area contributed by atoms with Crippen molar-refractivity contribution in [3.63, 3.8) is 0 Å². The lowest BCUT2D eigenvalue weighted by molar-refractivity contribution is -0.123. The van der Waals surface area contributed by atoms with Gasteiger partial charge in [-0.25, -0.2) is 18.7 Å². The van der Waals surface area contributed by atoms with Gasteiger partial charge in [0.05, 0.1) is 29.1 Å². The fourth-order valence-corrected chi connectivity index (χ4v) is 4.91. The molecule has 1 aliphatic heterocycles. The molecule has 44 heavy (non-hydrogen) atoms. The van der Waals surface area contributed by atoms with Crippen LogP contribution in [0.4, 0.5) is 4.39 Å². The number of nitrogens with one attached hydrogen (secondary N) is 2. The quantitative estimate of drug-likeness (QED) is 0.360. The molecule has 2 aromatic carbocycles. The van der Waals surface area contributed by atoms with Gasteiger partial charge < -0.3 is 20.3 Å². The van der Waals surface area contributed by atoms with Crippen molar-refractivity contribution in [2.45, 2.75) is 39.3 Å². The molecule has 0 aliphatic carbocycles. The first kappa shape index (κ1) is 30.3. The Morgan fingerprint density at radius 2 is 1.98 bits per heavy atom. The number of rotatable bonds is 4. The van der Waals surface area contributed by atoms with Gasteiger partial charge in [-0.1, -0.05) is 31.2 Å². The van der Waals surface area contributed by atoms with Crippen LogP contribution >= 0.6 is 0 Å². The van der Waals surface area contributed by atoms with Gasteiger partial charge in [0.1, 0.15) is 36.9 Å². The van der Waals surface area contributed by atoms with E-state index in [1.807, 2.05) is 19.9 Å². The Morgan fingerprint density at radius 1 is 1.14 bits per heavy atom. The average Bonchev–Trinajstić information content (AvgIpc) is 3.71. The topological polar surface area (TPSA) is 149 Å². The van der Waals surface area contributed by atoms with Crippen LogP contribution in [0, 0.1) is 11.7 Å². The van der Waals surface area contributed by atoms with Gasteiger partial charge in [-0.05, 0) is 42.7 Å². The maximum atomic E-state index is 14.2. The third kappa shape index (κ3) is 7.43. The van der Waals surface area contributed by atoms with Crippen molar-refractivity contribution in [2.24, 2.45) is 5.92 Å². The summed E-state index contributed by atoms with van der Waals surface area (Å²) in [5.74, 6) is -1.65. The number of nitrogens with zero attached hydrogens (tertiary/aromatic N) is 7. The number of amides is 3. The molecular formula is C30H34FN9O4. The van der Waals surface area contributed by atoms with Crippen molar-refractivity contribution in [1.29, 1.82) is 0 Å². The Labute approximate surface area is 253 Å². The van der Waals surface area contributed by atoms with E-state index in [1.54, 1.807) is 34.0 Å². The van der Waals surface area contributed by atoms with Crippen LogP contribution in [0.15, 0.2) is 61.3 Å². The number of ether oxygens (including phenoxy) is 1. The molecule has 4 aromatic rings. The van der Waals surface area contributed by atoms with Crippen molar-refractivity contribution < 1.29 is 23.5 Å². The van der Waals surface area contributed by atoms with Gasteiger partial charge in [0.2, 0.25) is 5.91 Å². The number of fused-ring (bicyclic) bond motifs is 3. The number of halogens is 1. The standard InChI is InChI=1S/C30H34FN9O4/c1-20(2)15-25-29(42)33-10-12-38(30(43)23-5-3-4-6-26(23)40-19-32-18-34-40)11-9-22-17-39(37-36-22)13-14-44-27-8-7-21(31)16-24(27)28(41)35-25/h3-8,16-20,25H,9-15H2,1-2H3,(H,33,42)(H,35,41)/t25-/m1/s1. The average molecular weight is 604 g/mol. The molecule has 1 aliphatic rings. The monoisotopic (exact) mass is 603 g/mol. The normalized spacial score (nSPS) is 16.7. The molecule has 1 atom stereocenters. The highest BCUT2D eigenvalue weighted by Gasteiger charge is 2.26. The molecule has 14 heteroatoms. The first-order chi connectivity index (χ1) is 21.3. The SMILES string of the molecule is CC(C)C[C@H]1NC(=O)c2cc(F)ccc2OCCn2cc(nn2)CCN(C(=O)c2ccccc2-n2cncn2)CCNC1=O. The number of hydrogen-bond donors (Lipinski definition) is 2. The summed E-state index contributed by atoms with van der Waals surface area (Å²) < 4.78 is 23.1. The first-order valence-electron chi connectivity index (χ1n) is 14.4. The Morgan fingerprint density at radius 3 is 2.77 bits per heavy atom. The van der Waals surface area contributed by atoms with Gasteiger partial charge in [0.25, 0.3) is 11.8 Å². The van der Waals surface area contributed by atoms with Crippen molar-refractivity contribution in [2.75, 3.05) is 26.2 Å². The van der Waals surface area contributed by atoms with E-state index in [9.17, 15) is 18.8 Å². The predicted molar refractivity (Wildman–Crippen MR) is 157 cm³/mol. The summed E-state index contributed by atoms with van der Waals surface area (Å²) >= 11 is 0. The molecule has 230 valence electrons. The first-order valence-corrected chi connectivity index (χ1v) is 14.4. The molecule has 0 radical (unpaired) electrons. The van der Waals surface area contributed by atoms with Crippen molar-refractivity contribution >= 4 is 17.7 Å². The molecule has 0 saturated heterocycles. The second kappa shape index (κ2) is 13.9. The smallest absolute Gasteiger partial charge is 0.256 e. The lowest BCUT2D eigenvalue weighted by Gasteiger charge is -2.25. The number of carbonyl (C=O) groups is 3. The van der Waals surface area contributed by atoms with Gasteiger partial charge >= 0.3 is 0 Å². The van der Waals surface area contributed by atoms with Crippen molar-refractivity contribution in [1.82, 2.24) is 45.3 Å². The lowest BCUT2D eigenvalue weighted by Crippen LogP contribution is -2.49. The number of aromatic nitrogens is 6. The maximum Gasteiger partial charge on any atom is 0.256 e. The molecule has 0 spiro atoms. The molecule has 13 nitrogen and oxygen atoms in total. The summed E-state index contributed by atoms with van der Waals surface area (Å²) in [4.78, 5) is 46.1. The van der Waals surface area contributed by atoms with E-state index >= 15 is 0 Å². The van der Waals surface area contributed by atoms with Gasteiger partial charge in [-0.15, -0.1) is 5.10 Å². The van der Waals surface area contributed by atoms with Crippen LogP contribution in [-0.4, -0.2) is 84.7 Å². The maximum absolute atomic E-state index is 14.2. The van der Waals surface area contributed by atoms with E-state index in [1.165, 1.54) is 29.5 Å². The molecule has 3 amide bonds. The Kier molecular flexibility index (Phi) is 9.57. The van der Waals surface area contributed by atoms with Gasteiger partial charge in [0, 0.05) is 32.3 Å². The minimum absolute atomic E-state index is 0.0187. The summed E-state index contributed by atoms with van der Waals surface area (Å²) in [6, 6.07) is 9.87. The molecule has 3 heterocycles. The van der Waals surface area contributed by atoms with E-state index < -0.39 is 23.7 Å². The van der Waals surface area contributed by atoms with Crippen LogP contribution in [0.2, 0.25) is 0 Å². The zero-order valence-electron chi connectivity index (χ0n) is 24.5. The van der Waals surface area contributed by atoms with Gasteiger partial charge in [-0.3, -0.25) is 14.4 Å². The third-order valence-corrected chi connectivity index (χ3v) is 7.09. The van der Waals surface area contributed by atoms with Crippen LogP contribution in [0.3, 0.4) is 0 Å². The predicted octanol–water partition coefficient (Wildman–Crippen LogP) is 2.04. The molecular weight excluding hydrogens is 569 g/mol. The lowest BCUT2D eigenvalue weighted by atomic mass is 10.0. The van der Waals surface area contributed by atoms with E-state index in [-0.39, 0.29) is 42.8 Å². The highest BCUT2D eigenvalue weighted by atomic mass is 19.1. The summed E-state index contributed by atoms with van der Waals surface area (Å²) in [6.45, 7) is 4.94. The minimum atomic E-state index is -0.889. The largest absolute Gasteiger partial charge is 0.491 e. The number of carbonyl (C=O) groups excluding carboxylic acids is 3. The molecule has 0 unspecified atom stereocenters. The Hall–Kier alpha value is -5.14.